The van der Waals surface area contributed by atoms with Crippen LogP contribution in [0.5, 0.6) is 0 Å². The second-order valence-electron chi connectivity index (χ2n) is 5.47. The molecule has 0 aliphatic rings. The third-order valence-electron chi connectivity index (χ3n) is 3.59. The van der Waals surface area contributed by atoms with Gasteiger partial charge in [0.05, 0.1) is 5.52 Å². The second kappa shape index (κ2) is 7.47. The number of hydrogen-bond donors (Lipinski definition) is 3. The first-order chi connectivity index (χ1) is 12.5. The highest BCUT2D eigenvalue weighted by Crippen LogP contribution is 2.16. The van der Waals surface area contributed by atoms with E-state index >= 15 is 0 Å². The molecule has 3 aromatic rings. The average molecular weight is 352 g/mol. The largest absolute Gasteiger partial charge is 0.448 e. The number of ether oxygens (including phenoxy) is 1. The fourth-order valence-electron chi connectivity index (χ4n) is 2.29. The molecular formula is C18H16N4O4. The smallest absolute Gasteiger partial charge is 0.360 e. The summed E-state index contributed by atoms with van der Waals surface area (Å²) in [6.07, 6.45) is -1.17. The molecule has 0 aliphatic carbocycles. The number of carbonyl (C=O) groups is 3. The van der Waals surface area contributed by atoms with E-state index in [2.05, 4.69) is 20.8 Å². The van der Waals surface area contributed by atoms with E-state index in [0.29, 0.717) is 16.6 Å². The minimum Gasteiger partial charge on any atom is -0.448 e. The number of nitrogens with zero attached hydrogens (tertiary/aromatic N) is 1. The lowest BCUT2D eigenvalue weighted by Crippen LogP contribution is -2.41. The molecule has 0 aliphatic heterocycles. The molecule has 0 spiro atoms. The van der Waals surface area contributed by atoms with Crippen molar-refractivity contribution >= 4 is 34.5 Å². The van der Waals surface area contributed by atoms with Crippen LogP contribution < -0.4 is 10.6 Å². The number of benzene rings is 2. The van der Waals surface area contributed by atoms with Gasteiger partial charge in [0.1, 0.15) is 0 Å². The average Bonchev–Trinajstić information content (AvgIpc) is 3.06. The number of urea groups is 1. The maximum atomic E-state index is 12.2. The van der Waals surface area contributed by atoms with Gasteiger partial charge in [-0.25, -0.2) is 9.59 Å². The summed E-state index contributed by atoms with van der Waals surface area (Å²) in [5.74, 6) is -1.50. The van der Waals surface area contributed by atoms with Gasteiger partial charge in [-0.05, 0) is 25.1 Å². The van der Waals surface area contributed by atoms with Crippen LogP contribution in [0, 0.1) is 0 Å². The molecule has 26 heavy (non-hydrogen) atoms. The molecule has 1 aromatic heterocycles. The Morgan fingerprint density at radius 1 is 1.04 bits per heavy atom. The lowest BCUT2D eigenvalue weighted by Gasteiger charge is -2.12. The van der Waals surface area contributed by atoms with Crippen molar-refractivity contribution in [3.63, 3.8) is 0 Å². The maximum Gasteiger partial charge on any atom is 0.360 e. The Hall–Kier alpha value is -3.68. The molecule has 1 atom stereocenters. The molecule has 8 heteroatoms. The van der Waals surface area contributed by atoms with Crippen molar-refractivity contribution in [1.29, 1.82) is 0 Å². The molecule has 0 radical (unpaired) electrons. The molecule has 3 amide bonds. The standard InChI is InChI=1S/C18H16N4O4/c1-11(16(23)20-18(25)19-12-7-3-2-4-8-12)26-17(24)15-13-9-5-6-10-14(13)21-22-15/h2-11H,1H3,(H,21,22)(H2,19,20,23,25). The minimum atomic E-state index is -1.17. The summed E-state index contributed by atoms with van der Waals surface area (Å²) in [4.78, 5) is 36.1. The summed E-state index contributed by atoms with van der Waals surface area (Å²) in [5, 5.41) is 11.8. The minimum absolute atomic E-state index is 0.0778. The molecule has 0 fully saturated rings. The molecular weight excluding hydrogens is 336 g/mol. The Morgan fingerprint density at radius 2 is 1.73 bits per heavy atom. The first-order valence-corrected chi connectivity index (χ1v) is 7.85. The topological polar surface area (TPSA) is 113 Å². The number of anilines is 1. The zero-order valence-electron chi connectivity index (χ0n) is 13.9. The van der Waals surface area contributed by atoms with Gasteiger partial charge in [-0.2, -0.15) is 5.10 Å². The van der Waals surface area contributed by atoms with Crippen molar-refractivity contribution in [2.24, 2.45) is 0 Å². The Kier molecular flexibility index (Phi) is 4.93. The van der Waals surface area contributed by atoms with Gasteiger partial charge in [0.2, 0.25) is 0 Å². The van der Waals surface area contributed by atoms with Gasteiger partial charge in [0.25, 0.3) is 5.91 Å². The van der Waals surface area contributed by atoms with Gasteiger partial charge >= 0.3 is 12.0 Å². The number of esters is 1. The molecule has 3 N–H and O–H groups in total. The van der Waals surface area contributed by atoms with Crippen molar-refractivity contribution in [1.82, 2.24) is 15.5 Å². The molecule has 132 valence electrons. The quantitative estimate of drug-likeness (QED) is 0.624. The van der Waals surface area contributed by atoms with Crippen molar-refractivity contribution in [2.75, 3.05) is 5.32 Å². The van der Waals surface area contributed by atoms with Crippen LogP contribution in [0.3, 0.4) is 0 Å². The van der Waals surface area contributed by atoms with Gasteiger partial charge in [0, 0.05) is 11.1 Å². The second-order valence-corrected chi connectivity index (χ2v) is 5.47. The third-order valence-corrected chi connectivity index (χ3v) is 3.59. The van der Waals surface area contributed by atoms with E-state index in [4.69, 9.17) is 4.74 Å². The first kappa shape index (κ1) is 17.2. The van der Waals surface area contributed by atoms with Crippen LogP contribution >= 0.6 is 0 Å². The number of imide groups is 1. The van der Waals surface area contributed by atoms with Gasteiger partial charge in [-0.3, -0.25) is 15.2 Å². The molecule has 0 saturated heterocycles. The Labute approximate surface area is 148 Å². The predicted molar refractivity (Wildman–Crippen MR) is 94.6 cm³/mol. The number of H-pyrrole nitrogens is 1. The van der Waals surface area contributed by atoms with E-state index in [0.717, 1.165) is 0 Å². The number of fused-ring (bicyclic) bond motifs is 1. The number of carbonyl (C=O) groups excluding carboxylic acids is 3. The van der Waals surface area contributed by atoms with E-state index in [1.807, 2.05) is 0 Å². The van der Waals surface area contributed by atoms with E-state index < -0.39 is 24.0 Å². The summed E-state index contributed by atoms with van der Waals surface area (Å²) < 4.78 is 5.10. The predicted octanol–water partition coefficient (Wildman–Crippen LogP) is 2.46. The molecule has 0 bridgehead atoms. The van der Waals surface area contributed by atoms with Crippen LogP contribution in [0.2, 0.25) is 0 Å². The highest BCUT2D eigenvalue weighted by Gasteiger charge is 2.23. The summed E-state index contributed by atoms with van der Waals surface area (Å²) in [6.45, 7) is 1.37. The van der Waals surface area contributed by atoms with Crippen LogP contribution in [0.1, 0.15) is 17.4 Å². The van der Waals surface area contributed by atoms with Crippen LogP contribution in [0.25, 0.3) is 10.9 Å². The number of rotatable bonds is 4. The van der Waals surface area contributed by atoms with E-state index in [1.165, 1.54) is 6.92 Å². The number of nitrogens with one attached hydrogen (secondary N) is 3. The zero-order chi connectivity index (χ0) is 18.5. The van der Waals surface area contributed by atoms with Gasteiger partial charge in [0.15, 0.2) is 11.8 Å². The number of para-hydroxylation sites is 2. The Morgan fingerprint density at radius 3 is 2.50 bits per heavy atom. The van der Waals surface area contributed by atoms with Gasteiger partial charge in [-0.1, -0.05) is 36.4 Å². The third kappa shape index (κ3) is 3.86. The Balaban J connectivity index is 1.58. The highest BCUT2D eigenvalue weighted by molar-refractivity contribution is 6.05. The molecule has 8 nitrogen and oxygen atoms in total. The molecule has 1 unspecified atom stereocenters. The fraction of sp³-hybridized carbons (Fsp3) is 0.111. The zero-order valence-corrected chi connectivity index (χ0v) is 13.9. The lowest BCUT2D eigenvalue weighted by atomic mass is 10.2. The van der Waals surface area contributed by atoms with Crippen molar-refractivity contribution in [3.8, 4) is 0 Å². The van der Waals surface area contributed by atoms with Crippen LogP contribution in [0.4, 0.5) is 10.5 Å². The number of hydrogen-bond acceptors (Lipinski definition) is 5. The highest BCUT2D eigenvalue weighted by atomic mass is 16.5. The van der Waals surface area contributed by atoms with Crippen molar-refractivity contribution in [3.05, 3.63) is 60.3 Å². The van der Waals surface area contributed by atoms with Gasteiger partial charge in [-0.15, -0.1) is 0 Å². The van der Waals surface area contributed by atoms with E-state index in [9.17, 15) is 14.4 Å². The van der Waals surface area contributed by atoms with Crippen molar-refractivity contribution in [2.45, 2.75) is 13.0 Å². The normalized spacial score (nSPS) is 11.6. The SMILES string of the molecule is CC(OC(=O)c1n[nH]c2ccccc12)C(=O)NC(=O)Nc1ccccc1. The van der Waals surface area contributed by atoms with Crippen LogP contribution in [-0.4, -0.2) is 34.2 Å². The summed E-state index contributed by atoms with van der Waals surface area (Å²) in [5.41, 5.74) is 1.29. The molecule has 3 rings (SSSR count). The van der Waals surface area contributed by atoms with E-state index in [1.54, 1.807) is 54.6 Å². The molecule has 2 aromatic carbocycles. The first-order valence-electron chi connectivity index (χ1n) is 7.85. The number of aromatic amines is 1. The van der Waals surface area contributed by atoms with Crippen LogP contribution in [-0.2, 0) is 9.53 Å². The summed E-state index contributed by atoms with van der Waals surface area (Å²) in [7, 11) is 0. The summed E-state index contributed by atoms with van der Waals surface area (Å²) in [6, 6.07) is 15.0. The fourth-order valence-corrected chi connectivity index (χ4v) is 2.29. The maximum absolute atomic E-state index is 12.2. The monoisotopic (exact) mass is 352 g/mol. The lowest BCUT2D eigenvalue weighted by molar-refractivity contribution is -0.127. The molecule has 0 saturated carbocycles. The van der Waals surface area contributed by atoms with Crippen LogP contribution in [0.15, 0.2) is 54.6 Å². The molecule has 1 heterocycles. The van der Waals surface area contributed by atoms with E-state index in [-0.39, 0.29) is 5.69 Å². The Bertz CT molecular complexity index is 952. The number of aromatic nitrogens is 2. The van der Waals surface area contributed by atoms with Crippen molar-refractivity contribution < 1.29 is 19.1 Å². The number of amides is 3. The van der Waals surface area contributed by atoms with Gasteiger partial charge < -0.3 is 10.1 Å². The summed E-state index contributed by atoms with van der Waals surface area (Å²) >= 11 is 0.